The van der Waals surface area contributed by atoms with Crippen molar-refractivity contribution in [2.45, 2.75) is 19.4 Å². The molecule has 0 bridgehead atoms. The van der Waals surface area contributed by atoms with Crippen LogP contribution in [0.3, 0.4) is 0 Å². The third-order valence-electron chi connectivity index (χ3n) is 1.86. The lowest BCUT2D eigenvalue weighted by Crippen LogP contribution is -2.15. The molecule has 0 aromatic heterocycles. The minimum absolute atomic E-state index is 0.420. The maximum absolute atomic E-state index is 10.9. The van der Waals surface area contributed by atoms with E-state index in [0.717, 1.165) is 6.42 Å². The van der Waals surface area contributed by atoms with Gasteiger partial charge >= 0.3 is 5.97 Å². The molecule has 1 N–H and O–H groups in total. The van der Waals surface area contributed by atoms with E-state index in [2.05, 4.69) is 0 Å². The Balaban J connectivity index is 2.84. The van der Waals surface area contributed by atoms with Crippen molar-refractivity contribution in [1.82, 2.24) is 0 Å². The summed E-state index contributed by atoms with van der Waals surface area (Å²) in [5.41, 5.74) is 0.573. The van der Waals surface area contributed by atoms with Crippen LogP contribution in [0.2, 0.25) is 5.02 Å². The zero-order valence-electron chi connectivity index (χ0n) is 8.44. The Hall–Kier alpha value is -1.06. The molecule has 82 valence electrons. The van der Waals surface area contributed by atoms with Crippen LogP contribution >= 0.6 is 11.6 Å². The molecule has 1 rings (SSSR count). The Kier molecular flexibility index (Phi) is 4.59. The molecule has 0 aliphatic rings. The van der Waals surface area contributed by atoms with Crippen molar-refractivity contribution in [2.24, 2.45) is 0 Å². The molecule has 15 heavy (non-hydrogen) atoms. The van der Waals surface area contributed by atoms with Crippen LogP contribution in [-0.2, 0) is 9.53 Å². The van der Waals surface area contributed by atoms with E-state index in [4.69, 9.17) is 21.4 Å². The van der Waals surface area contributed by atoms with E-state index in [9.17, 15) is 4.79 Å². The molecule has 0 saturated carbocycles. The third kappa shape index (κ3) is 3.53. The Labute approximate surface area is 93.6 Å². The molecule has 0 heterocycles. The number of ether oxygens (including phenoxy) is 1. The molecular formula is C11H13ClO3. The summed E-state index contributed by atoms with van der Waals surface area (Å²) in [5, 5.41) is 9.49. The van der Waals surface area contributed by atoms with Gasteiger partial charge in [0.05, 0.1) is 0 Å². The maximum Gasteiger partial charge on any atom is 0.337 e. The lowest BCUT2D eigenvalue weighted by Gasteiger charge is -2.13. The summed E-state index contributed by atoms with van der Waals surface area (Å²) in [4.78, 5) is 10.9. The molecule has 4 heteroatoms. The first kappa shape index (κ1) is 12.0. The van der Waals surface area contributed by atoms with Crippen molar-refractivity contribution in [3.8, 4) is 0 Å². The van der Waals surface area contributed by atoms with E-state index in [1.807, 2.05) is 6.92 Å². The minimum Gasteiger partial charge on any atom is -0.479 e. The number of aliphatic carboxylic acids is 1. The number of benzene rings is 1. The van der Waals surface area contributed by atoms with E-state index in [-0.39, 0.29) is 0 Å². The van der Waals surface area contributed by atoms with Crippen molar-refractivity contribution in [2.75, 3.05) is 6.61 Å². The fraction of sp³-hybridized carbons (Fsp3) is 0.364. The second kappa shape index (κ2) is 5.73. The number of rotatable bonds is 5. The number of carboxylic acids is 1. The highest BCUT2D eigenvalue weighted by atomic mass is 35.5. The lowest BCUT2D eigenvalue weighted by atomic mass is 10.1. The topological polar surface area (TPSA) is 46.5 Å². The summed E-state index contributed by atoms with van der Waals surface area (Å²) >= 11 is 5.78. The van der Waals surface area contributed by atoms with Gasteiger partial charge in [0, 0.05) is 11.6 Å². The number of hydrogen-bond donors (Lipinski definition) is 1. The molecule has 1 aromatic rings. The van der Waals surface area contributed by atoms with Gasteiger partial charge in [-0.15, -0.1) is 0 Å². The minimum atomic E-state index is -0.995. The van der Waals surface area contributed by atoms with Crippen molar-refractivity contribution in [1.29, 1.82) is 0 Å². The predicted octanol–water partition coefficient (Wildman–Crippen LogP) is 2.89. The first-order chi connectivity index (χ1) is 7.15. The summed E-state index contributed by atoms with van der Waals surface area (Å²) < 4.78 is 5.24. The summed E-state index contributed by atoms with van der Waals surface area (Å²) in [7, 11) is 0. The van der Waals surface area contributed by atoms with Crippen LogP contribution < -0.4 is 0 Å². The zero-order valence-corrected chi connectivity index (χ0v) is 9.20. The maximum atomic E-state index is 10.9. The van der Waals surface area contributed by atoms with Gasteiger partial charge in [0.15, 0.2) is 6.10 Å². The van der Waals surface area contributed by atoms with E-state index in [0.29, 0.717) is 17.2 Å². The highest BCUT2D eigenvalue weighted by molar-refractivity contribution is 6.30. The van der Waals surface area contributed by atoms with Crippen molar-refractivity contribution >= 4 is 17.6 Å². The van der Waals surface area contributed by atoms with Crippen LogP contribution in [0, 0.1) is 0 Å². The predicted molar refractivity (Wildman–Crippen MR) is 58.1 cm³/mol. The molecule has 3 nitrogen and oxygen atoms in total. The Morgan fingerprint density at radius 1 is 1.60 bits per heavy atom. The molecular weight excluding hydrogens is 216 g/mol. The van der Waals surface area contributed by atoms with Crippen LogP contribution in [0.25, 0.3) is 0 Å². The Morgan fingerprint density at radius 2 is 2.33 bits per heavy atom. The SMILES string of the molecule is CCCOC(C(=O)O)c1cccc(Cl)c1. The average molecular weight is 229 g/mol. The van der Waals surface area contributed by atoms with E-state index >= 15 is 0 Å². The first-order valence-corrected chi connectivity index (χ1v) is 5.12. The largest absolute Gasteiger partial charge is 0.479 e. The third-order valence-corrected chi connectivity index (χ3v) is 2.10. The Bertz CT molecular complexity index is 338. The van der Waals surface area contributed by atoms with Crippen LogP contribution in [0.1, 0.15) is 25.0 Å². The van der Waals surface area contributed by atoms with Gasteiger partial charge in [0.1, 0.15) is 0 Å². The summed E-state index contributed by atoms with van der Waals surface area (Å²) in [6.07, 6.45) is -0.145. The number of halogens is 1. The van der Waals surface area contributed by atoms with Crippen molar-refractivity contribution in [3.05, 3.63) is 34.9 Å². The summed E-state index contributed by atoms with van der Waals surface area (Å²) in [5.74, 6) is -0.995. The van der Waals surface area contributed by atoms with Gasteiger partial charge in [-0.1, -0.05) is 30.7 Å². The smallest absolute Gasteiger partial charge is 0.337 e. The van der Waals surface area contributed by atoms with E-state index < -0.39 is 12.1 Å². The first-order valence-electron chi connectivity index (χ1n) is 4.75. The van der Waals surface area contributed by atoms with Gasteiger partial charge < -0.3 is 9.84 Å². The molecule has 0 amide bonds. The molecule has 0 aliphatic heterocycles. The van der Waals surface area contributed by atoms with Gasteiger partial charge in [0.25, 0.3) is 0 Å². The van der Waals surface area contributed by atoms with Crippen molar-refractivity contribution in [3.63, 3.8) is 0 Å². The second-order valence-electron chi connectivity index (χ2n) is 3.14. The van der Waals surface area contributed by atoms with Gasteiger partial charge in [-0.2, -0.15) is 0 Å². The molecule has 0 radical (unpaired) electrons. The quantitative estimate of drug-likeness (QED) is 0.843. The monoisotopic (exact) mass is 228 g/mol. The zero-order chi connectivity index (χ0) is 11.3. The standard InChI is InChI=1S/C11H13ClO3/c1-2-6-15-10(11(13)14)8-4-3-5-9(12)7-8/h3-5,7,10H,2,6H2,1H3,(H,13,14). The summed E-state index contributed by atoms with van der Waals surface area (Å²) in [6, 6.07) is 6.71. The fourth-order valence-corrected chi connectivity index (χ4v) is 1.41. The highest BCUT2D eigenvalue weighted by Gasteiger charge is 2.20. The van der Waals surface area contributed by atoms with E-state index in [1.165, 1.54) is 0 Å². The number of carboxylic acid groups (broad SMARTS) is 1. The van der Waals surface area contributed by atoms with Crippen molar-refractivity contribution < 1.29 is 14.6 Å². The van der Waals surface area contributed by atoms with Crippen LogP contribution in [0.15, 0.2) is 24.3 Å². The molecule has 1 aromatic carbocycles. The highest BCUT2D eigenvalue weighted by Crippen LogP contribution is 2.21. The normalized spacial score (nSPS) is 12.4. The Morgan fingerprint density at radius 3 is 2.87 bits per heavy atom. The molecule has 1 unspecified atom stereocenters. The van der Waals surface area contributed by atoms with Crippen LogP contribution in [0.4, 0.5) is 0 Å². The molecule has 0 saturated heterocycles. The molecule has 0 aliphatic carbocycles. The van der Waals surface area contributed by atoms with E-state index in [1.54, 1.807) is 24.3 Å². The van der Waals surface area contributed by atoms with Gasteiger partial charge in [-0.05, 0) is 24.1 Å². The van der Waals surface area contributed by atoms with Gasteiger partial charge in [-0.25, -0.2) is 4.79 Å². The second-order valence-corrected chi connectivity index (χ2v) is 3.58. The molecule has 1 atom stereocenters. The lowest BCUT2D eigenvalue weighted by molar-refractivity contribution is -0.150. The average Bonchev–Trinajstić information content (AvgIpc) is 2.18. The number of carbonyl (C=O) groups is 1. The van der Waals surface area contributed by atoms with Crippen LogP contribution in [0.5, 0.6) is 0 Å². The van der Waals surface area contributed by atoms with Gasteiger partial charge in [0.2, 0.25) is 0 Å². The molecule has 0 fully saturated rings. The van der Waals surface area contributed by atoms with Gasteiger partial charge in [-0.3, -0.25) is 0 Å². The van der Waals surface area contributed by atoms with Crippen LogP contribution in [-0.4, -0.2) is 17.7 Å². The number of hydrogen-bond acceptors (Lipinski definition) is 2. The fourth-order valence-electron chi connectivity index (χ4n) is 1.22. The summed E-state index contributed by atoms with van der Waals surface area (Å²) in [6.45, 7) is 2.35. The molecule has 0 spiro atoms.